The van der Waals surface area contributed by atoms with Crippen LogP contribution in [-0.4, -0.2) is 35.9 Å². The van der Waals surface area contributed by atoms with E-state index >= 15 is 0 Å². The molecular formula is C19H13N7OS. The average molecular weight is 387 g/mol. The average Bonchev–Trinajstić information content (AvgIpc) is 3.48. The quantitative estimate of drug-likeness (QED) is 0.492. The number of hydrogen-bond donors (Lipinski definition) is 2. The Labute approximate surface area is 162 Å². The molecule has 0 aliphatic heterocycles. The van der Waals surface area contributed by atoms with Gasteiger partial charge in [-0.05, 0) is 41.8 Å². The topological polar surface area (TPSA) is 101 Å². The normalized spacial score (nSPS) is 11.0. The van der Waals surface area contributed by atoms with Gasteiger partial charge in [-0.3, -0.25) is 9.89 Å². The van der Waals surface area contributed by atoms with E-state index in [0.29, 0.717) is 17.0 Å². The zero-order chi connectivity index (χ0) is 18.9. The molecule has 9 heteroatoms. The standard InChI is InChI=1S/C19H13N7OS/c27-19(16-10-15(22-23-16)17-5-2-8-28-17)21-13-4-1-3-12(9-13)14-6-7-18-24-20-11-26(18)25-14/h1-11H,(H,21,27)(H,22,23). The van der Waals surface area contributed by atoms with E-state index in [4.69, 9.17) is 0 Å². The Balaban J connectivity index is 1.38. The first-order chi connectivity index (χ1) is 13.8. The van der Waals surface area contributed by atoms with Crippen LogP contribution in [0.1, 0.15) is 10.5 Å². The van der Waals surface area contributed by atoms with Gasteiger partial charge in [-0.1, -0.05) is 18.2 Å². The van der Waals surface area contributed by atoms with Crippen molar-refractivity contribution >= 4 is 28.6 Å². The molecule has 0 atom stereocenters. The van der Waals surface area contributed by atoms with Gasteiger partial charge in [-0.15, -0.1) is 21.5 Å². The van der Waals surface area contributed by atoms with Crippen LogP contribution >= 0.6 is 11.3 Å². The molecule has 0 aliphatic carbocycles. The zero-order valence-electron chi connectivity index (χ0n) is 14.4. The van der Waals surface area contributed by atoms with Gasteiger partial charge in [0, 0.05) is 11.3 Å². The van der Waals surface area contributed by atoms with Crippen LogP contribution in [0.2, 0.25) is 0 Å². The molecule has 0 radical (unpaired) electrons. The van der Waals surface area contributed by atoms with Gasteiger partial charge in [0.25, 0.3) is 5.91 Å². The number of carbonyl (C=O) groups is 1. The Hall–Kier alpha value is -3.85. The van der Waals surface area contributed by atoms with Crippen molar-refractivity contribution in [2.24, 2.45) is 0 Å². The van der Waals surface area contributed by atoms with Gasteiger partial charge in [0.2, 0.25) is 0 Å². The molecular weight excluding hydrogens is 374 g/mol. The number of benzene rings is 1. The number of anilines is 1. The fourth-order valence-electron chi connectivity index (χ4n) is 2.83. The third-order valence-corrected chi connectivity index (χ3v) is 5.08. The molecule has 28 heavy (non-hydrogen) atoms. The zero-order valence-corrected chi connectivity index (χ0v) is 15.2. The van der Waals surface area contributed by atoms with E-state index in [9.17, 15) is 4.79 Å². The third-order valence-electron chi connectivity index (χ3n) is 4.18. The largest absolute Gasteiger partial charge is 0.321 e. The molecule has 0 fully saturated rings. The predicted octanol–water partition coefficient (Wildman–Crippen LogP) is 3.50. The maximum Gasteiger partial charge on any atom is 0.276 e. The van der Waals surface area contributed by atoms with Crippen molar-refractivity contribution in [1.29, 1.82) is 0 Å². The highest BCUT2D eigenvalue weighted by Crippen LogP contribution is 2.24. The number of H-pyrrole nitrogens is 1. The molecule has 0 bridgehead atoms. The first-order valence-electron chi connectivity index (χ1n) is 8.44. The molecule has 136 valence electrons. The van der Waals surface area contributed by atoms with Crippen LogP contribution in [0.4, 0.5) is 5.69 Å². The lowest BCUT2D eigenvalue weighted by Crippen LogP contribution is -2.12. The summed E-state index contributed by atoms with van der Waals surface area (Å²) in [5.74, 6) is -0.279. The molecule has 5 rings (SSSR count). The van der Waals surface area contributed by atoms with Crippen LogP contribution in [0.25, 0.3) is 27.5 Å². The summed E-state index contributed by atoms with van der Waals surface area (Å²) in [6.07, 6.45) is 1.55. The summed E-state index contributed by atoms with van der Waals surface area (Å²) in [6.45, 7) is 0. The minimum absolute atomic E-state index is 0.279. The fourth-order valence-corrected chi connectivity index (χ4v) is 3.52. The summed E-state index contributed by atoms with van der Waals surface area (Å²) in [6, 6.07) is 16.9. The monoisotopic (exact) mass is 387 g/mol. The highest BCUT2D eigenvalue weighted by atomic mass is 32.1. The van der Waals surface area contributed by atoms with Crippen LogP contribution in [0.15, 0.2) is 66.3 Å². The van der Waals surface area contributed by atoms with Crippen LogP contribution in [0.5, 0.6) is 0 Å². The summed E-state index contributed by atoms with van der Waals surface area (Å²) >= 11 is 1.59. The van der Waals surface area contributed by atoms with E-state index < -0.39 is 0 Å². The van der Waals surface area contributed by atoms with Crippen LogP contribution in [-0.2, 0) is 0 Å². The molecule has 0 spiro atoms. The van der Waals surface area contributed by atoms with Crippen molar-refractivity contribution in [2.75, 3.05) is 5.32 Å². The van der Waals surface area contributed by atoms with Gasteiger partial charge in [0.05, 0.1) is 16.3 Å². The molecule has 0 unspecified atom stereocenters. The second-order valence-corrected chi connectivity index (χ2v) is 6.98. The van der Waals surface area contributed by atoms with E-state index in [1.807, 2.05) is 53.9 Å². The number of aromatic amines is 1. The van der Waals surface area contributed by atoms with Gasteiger partial charge in [-0.25, -0.2) is 0 Å². The fraction of sp³-hybridized carbons (Fsp3) is 0. The molecule has 4 aromatic heterocycles. The minimum atomic E-state index is -0.279. The molecule has 5 aromatic rings. The van der Waals surface area contributed by atoms with Crippen molar-refractivity contribution in [2.45, 2.75) is 0 Å². The Morgan fingerprint density at radius 1 is 1.11 bits per heavy atom. The van der Waals surface area contributed by atoms with E-state index in [-0.39, 0.29) is 5.91 Å². The molecule has 0 saturated heterocycles. The second kappa shape index (κ2) is 6.71. The van der Waals surface area contributed by atoms with Crippen LogP contribution in [0.3, 0.4) is 0 Å². The molecule has 0 saturated carbocycles. The van der Waals surface area contributed by atoms with Crippen molar-refractivity contribution in [3.05, 3.63) is 72.0 Å². The van der Waals surface area contributed by atoms with Crippen molar-refractivity contribution < 1.29 is 4.79 Å². The van der Waals surface area contributed by atoms with Crippen molar-refractivity contribution in [3.8, 4) is 21.8 Å². The summed E-state index contributed by atoms with van der Waals surface area (Å²) in [5.41, 5.74) is 4.11. The predicted molar refractivity (Wildman–Crippen MR) is 106 cm³/mol. The van der Waals surface area contributed by atoms with Crippen molar-refractivity contribution in [1.82, 2.24) is 30.0 Å². The molecule has 8 nitrogen and oxygen atoms in total. The Kier molecular flexibility index (Phi) is 3.91. The summed E-state index contributed by atoms with van der Waals surface area (Å²) < 4.78 is 1.61. The SMILES string of the molecule is O=C(Nc1cccc(-c2ccc3nncn3n2)c1)c1cc(-c2cccs2)[nH]n1. The number of nitrogens with one attached hydrogen (secondary N) is 2. The first kappa shape index (κ1) is 16.3. The number of amides is 1. The Morgan fingerprint density at radius 2 is 2.07 bits per heavy atom. The van der Waals surface area contributed by atoms with Gasteiger partial charge in [0.15, 0.2) is 11.3 Å². The van der Waals surface area contributed by atoms with E-state index in [1.54, 1.807) is 28.2 Å². The summed E-state index contributed by atoms with van der Waals surface area (Å²) in [5, 5.41) is 24.1. The van der Waals surface area contributed by atoms with Gasteiger partial charge in [0.1, 0.15) is 6.33 Å². The molecule has 1 amide bonds. The lowest BCUT2D eigenvalue weighted by atomic mass is 10.1. The molecule has 4 heterocycles. The highest BCUT2D eigenvalue weighted by Gasteiger charge is 2.13. The van der Waals surface area contributed by atoms with E-state index in [1.165, 1.54) is 0 Å². The lowest BCUT2D eigenvalue weighted by Gasteiger charge is -2.06. The van der Waals surface area contributed by atoms with E-state index in [0.717, 1.165) is 21.8 Å². The van der Waals surface area contributed by atoms with Gasteiger partial charge >= 0.3 is 0 Å². The minimum Gasteiger partial charge on any atom is -0.321 e. The van der Waals surface area contributed by atoms with Crippen molar-refractivity contribution in [3.63, 3.8) is 0 Å². The molecule has 1 aromatic carbocycles. The second-order valence-electron chi connectivity index (χ2n) is 6.03. The number of aromatic nitrogens is 6. The number of thiophene rings is 1. The Bertz CT molecular complexity index is 1270. The third kappa shape index (κ3) is 3.03. The lowest BCUT2D eigenvalue weighted by molar-refractivity contribution is 0.102. The summed E-state index contributed by atoms with van der Waals surface area (Å²) in [4.78, 5) is 13.6. The number of carbonyl (C=O) groups excluding carboxylic acids is 1. The maximum absolute atomic E-state index is 12.6. The highest BCUT2D eigenvalue weighted by molar-refractivity contribution is 7.13. The molecule has 0 aliphatic rings. The number of fused-ring (bicyclic) bond motifs is 1. The van der Waals surface area contributed by atoms with E-state index in [2.05, 4.69) is 30.8 Å². The molecule has 2 N–H and O–H groups in total. The van der Waals surface area contributed by atoms with Crippen LogP contribution in [0, 0.1) is 0 Å². The first-order valence-corrected chi connectivity index (χ1v) is 9.32. The number of rotatable bonds is 4. The van der Waals surface area contributed by atoms with Gasteiger partial charge < -0.3 is 5.32 Å². The maximum atomic E-state index is 12.6. The Morgan fingerprint density at radius 3 is 2.96 bits per heavy atom. The number of hydrogen-bond acceptors (Lipinski definition) is 6. The number of nitrogens with zero attached hydrogens (tertiary/aromatic N) is 5. The smallest absolute Gasteiger partial charge is 0.276 e. The summed E-state index contributed by atoms with van der Waals surface area (Å²) in [7, 11) is 0. The van der Waals surface area contributed by atoms with Gasteiger partial charge in [-0.2, -0.15) is 14.7 Å². The van der Waals surface area contributed by atoms with Crippen LogP contribution < -0.4 is 5.32 Å².